The molecule has 0 bridgehead atoms. The highest BCUT2D eigenvalue weighted by molar-refractivity contribution is 6.30. The van der Waals surface area contributed by atoms with Crippen LogP contribution in [0.5, 0.6) is 0 Å². The van der Waals surface area contributed by atoms with Crippen molar-refractivity contribution < 1.29 is 4.79 Å². The third kappa shape index (κ3) is 4.54. The van der Waals surface area contributed by atoms with Crippen LogP contribution in [0.4, 0.5) is 0 Å². The lowest BCUT2D eigenvalue weighted by molar-refractivity contribution is -0.130. The van der Waals surface area contributed by atoms with Crippen LogP contribution in [0.3, 0.4) is 0 Å². The molecule has 2 rings (SSSR count). The lowest BCUT2D eigenvalue weighted by atomic mass is 10.0. The molecule has 0 radical (unpaired) electrons. The second-order valence-corrected chi connectivity index (χ2v) is 6.01. The number of amides is 1. The Hall–Kier alpha value is -1.02. The van der Waals surface area contributed by atoms with E-state index in [0.29, 0.717) is 13.0 Å². The summed E-state index contributed by atoms with van der Waals surface area (Å²) in [5.74, 6) is 1.02. The van der Waals surface area contributed by atoms with Crippen LogP contribution in [0.25, 0.3) is 0 Å². The fraction of sp³-hybridized carbons (Fsp3) is 0.562. The summed E-state index contributed by atoms with van der Waals surface area (Å²) in [6, 6.07) is 7.70. The van der Waals surface area contributed by atoms with Gasteiger partial charge in [0.25, 0.3) is 0 Å². The lowest BCUT2D eigenvalue weighted by Gasteiger charge is -2.18. The fourth-order valence-corrected chi connectivity index (χ4v) is 3.03. The van der Waals surface area contributed by atoms with Gasteiger partial charge in [-0.2, -0.15) is 0 Å². The Kier molecular flexibility index (Phi) is 5.26. The monoisotopic (exact) mass is 279 g/mol. The van der Waals surface area contributed by atoms with Gasteiger partial charge in [-0.3, -0.25) is 4.79 Å². The van der Waals surface area contributed by atoms with Crippen LogP contribution in [0.1, 0.15) is 44.1 Å². The van der Waals surface area contributed by atoms with Crippen molar-refractivity contribution >= 4 is 17.5 Å². The number of carbonyl (C=O) groups excluding carboxylic acids is 1. The summed E-state index contributed by atoms with van der Waals surface area (Å²) in [6.45, 7) is 0.643. The molecule has 0 atom stereocenters. The maximum atomic E-state index is 12.1. The molecule has 0 aromatic heterocycles. The number of hydrogen-bond acceptors (Lipinski definition) is 1. The predicted molar refractivity (Wildman–Crippen MR) is 79.1 cm³/mol. The Morgan fingerprint density at radius 3 is 2.79 bits per heavy atom. The van der Waals surface area contributed by atoms with Gasteiger partial charge >= 0.3 is 0 Å². The van der Waals surface area contributed by atoms with Crippen molar-refractivity contribution in [3.63, 3.8) is 0 Å². The van der Waals surface area contributed by atoms with Gasteiger partial charge in [-0.15, -0.1) is 0 Å². The first-order chi connectivity index (χ1) is 9.15. The zero-order valence-corrected chi connectivity index (χ0v) is 12.3. The first-order valence-corrected chi connectivity index (χ1v) is 7.51. The Morgan fingerprint density at radius 2 is 2.11 bits per heavy atom. The minimum Gasteiger partial charge on any atom is -0.341 e. The third-order valence-electron chi connectivity index (χ3n) is 3.98. The molecule has 1 amide bonds. The summed E-state index contributed by atoms with van der Waals surface area (Å²) >= 11 is 5.95. The van der Waals surface area contributed by atoms with E-state index >= 15 is 0 Å². The van der Waals surface area contributed by atoms with Crippen LogP contribution in [0.2, 0.25) is 5.02 Å². The van der Waals surface area contributed by atoms with Crippen molar-refractivity contribution in [1.29, 1.82) is 0 Å². The van der Waals surface area contributed by atoms with E-state index in [4.69, 9.17) is 11.6 Å². The van der Waals surface area contributed by atoms with Gasteiger partial charge in [0.15, 0.2) is 0 Å². The number of rotatable bonds is 5. The second-order valence-electron chi connectivity index (χ2n) is 5.57. The first kappa shape index (κ1) is 14.4. The summed E-state index contributed by atoms with van der Waals surface area (Å²) in [5, 5.41) is 0.726. The van der Waals surface area contributed by atoms with Crippen LogP contribution < -0.4 is 0 Å². The van der Waals surface area contributed by atoms with E-state index in [1.54, 1.807) is 4.90 Å². The zero-order valence-electron chi connectivity index (χ0n) is 11.6. The van der Waals surface area contributed by atoms with Gasteiger partial charge in [-0.1, -0.05) is 49.4 Å². The van der Waals surface area contributed by atoms with Crippen molar-refractivity contribution in [3.05, 3.63) is 34.9 Å². The van der Waals surface area contributed by atoms with Gasteiger partial charge < -0.3 is 4.90 Å². The van der Waals surface area contributed by atoms with Crippen molar-refractivity contribution in [2.45, 2.75) is 45.1 Å². The van der Waals surface area contributed by atoms with Crippen molar-refractivity contribution in [1.82, 2.24) is 4.90 Å². The minimum atomic E-state index is 0.242. The summed E-state index contributed by atoms with van der Waals surface area (Å²) < 4.78 is 0. The molecular formula is C16H22ClNO. The molecule has 0 spiro atoms. The molecule has 104 valence electrons. The largest absolute Gasteiger partial charge is 0.341 e. The molecule has 0 saturated heterocycles. The summed E-state index contributed by atoms with van der Waals surface area (Å²) in [4.78, 5) is 13.9. The highest BCUT2D eigenvalue weighted by Crippen LogP contribution is 2.28. The molecule has 1 aliphatic rings. The number of benzene rings is 1. The molecule has 1 aliphatic carbocycles. The maximum Gasteiger partial charge on any atom is 0.222 e. The highest BCUT2D eigenvalue weighted by atomic mass is 35.5. The number of nitrogens with zero attached hydrogens (tertiary/aromatic N) is 1. The Balaban J connectivity index is 1.78. The second kappa shape index (κ2) is 6.95. The standard InChI is InChI=1S/C16H22ClNO/c1-18(12-14-7-4-8-15(17)11-14)16(19)10-9-13-5-2-3-6-13/h4,7-8,11,13H,2-3,5-6,9-10,12H2,1H3. The summed E-state index contributed by atoms with van der Waals surface area (Å²) in [7, 11) is 1.87. The number of halogens is 1. The quantitative estimate of drug-likeness (QED) is 0.788. The normalized spacial score (nSPS) is 15.7. The molecule has 19 heavy (non-hydrogen) atoms. The van der Waals surface area contributed by atoms with Crippen LogP contribution in [-0.4, -0.2) is 17.9 Å². The van der Waals surface area contributed by atoms with Crippen molar-refractivity contribution in [3.8, 4) is 0 Å². The molecule has 1 fully saturated rings. The third-order valence-corrected chi connectivity index (χ3v) is 4.21. The van der Waals surface area contributed by atoms with Crippen LogP contribution in [0.15, 0.2) is 24.3 Å². The molecule has 2 nitrogen and oxygen atoms in total. The molecule has 1 saturated carbocycles. The van der Waals surface area contributed by atoms with Gasteiger partial charge in [0.05, 0.1) is 0 Å². The zero-order chi connectivity index (χ0) is 13.7. The molecule has 0 aliphatic heterocycles. The van der Waals surface area contributed by atoms with E-state index in [2.05, 4.69) is 0 Å². The van der Waals surface area contributed by atoms with Gasteiger partial charge in [-0.25, -0.2) is 0 Å². The average molecular weight is 280 g/mol. The Bertz CT molecular complexity index is 427. The van der Waals surface area contributed by atoms with Crippen molar-refractivity contribution in [2.75, 3.05) is 7.05 Å². The molecular weight excluding hydrogens is 258 g/mol. The maximum absolute atomic E-state index is 12.1. The first-order valence-electron chi connectivity index (χ1n) is 7.13. The topological polar surface area (TPSA) is 20.3 Å². The van der Waals surface area contributed by atoms with Gasteiger partial charge in [0, 0.05) is 25.0 Å². The van der Waals surface area contributed by atoms with Gasteiger partial charge in [0.2, 0.25) is 5.91 Å². The summed E-state index contributed by atoms with van der Waals surface area (Å²) in [5.41, 5.74) is 1.09. The van der Waals surface area contributed by atoms with Crippen molar-refractivity contribution in [2.24, 2.45) is 5.92 Å². The molecule has 0 unspecified atom stereocenters. The van der Waals surface area contributed by atoms with E-state index < -0.39 is 0 Å². The van der Waals surface area contributed by atoms with Crippen LogP contribution >= 0.6 is 11.6 Å². The average Bonchev–Trinajstić information content (AvgIpc) is 2.89. The van der Waals surface area contributed by atoms with E-state index in [0.717, 1.165) is 22.9 Å². The SMILES string of the molecule is CN(Cc1cccc(Cl)c1)C(=O)CCC1CCCC1. The molecule has 0 heterocycles. The van der Waals surface area contributed by atoms with E-state index in [1.165, 1.54) is 25.7 Å². The Morgan fingerprint density at radius 1 is 1.37 bits per heavy atom. The van der Waals surface area contributed by atoms with Gasteiger partial charge in [0.1, 0.15) is 0 Å². The van der Waals surface area contributed by atoms with E-state index in [9.17, 15) is 4.79 Å². The number of hydrogen-bond donors (Lipinski definition) is 0. The lowest BCUT2D eigenvalue weighted by Crippen LogP contribution is -2.26. The van der Waals surface area contributed by atoms with E-state index in [1.807, 2.05) is 31.3 Å². The fourth-order valence-electron chi connectivity index (χ4n) is 2.81. The Labute approximate surface area is 120 Å². The predicted octanol–water partition coefficient (Wildman–Crippen LogP) is 4.27. The number of carbonyl (C=O) groups is 1. The molecule has 1 aromatic rings. The molecule has 1 aromatic carbocycles. The molecule has 0 N–H and O–H groups in total. The van der Waals surface area contributed by atoms with E-state index in [-0.39, 0.29) is 5.91 Å². The van der Waals surface area contributed by atoms with Crippen LogP contribution in [0, 0.1) is 5.92 Å². The van der Waals surface area contributed by atoms with Gasteiger partial charge in [-0.05, 0) is 30.0 Å². The summed E-state index contributed by atoms with van der Waals surface area (Å²) in [6.07, 6.45) is 7.05. The highest BCUT2D eigenvalue weighted by Gasteiger charge is 2.17. The smallest absolute Gasteiger partial charge is 0.222 e. The minimum absolute atomic E-state index is 0.242. The molecule has 3 heteroatoms. The van der Waals surface area contributed by atoms with Crippen LogP contribution in [-0.2, 0) is 11.3 Å².